The first-order chi connectivity index (χ1) is 15.9. The topological polar surface area (TPSA) is 80.0 Å². The second kappa shape index (κ2) is 9.32. The fraction of sp³-hybridized carbons (Fsp3) is 0.231. The molecule has 1 fully saturated rings. The number of aliphatic hydroxyl groups excluding tert-OH is 1. The molecule has 3 aromatic rings. The van der Waals surface area contributed by atoms with E-state index in [1.54, 1.807) is 43.3 Å². The molecule has 2 heterocycles. The van der Waals surface area contributed by atoms with Gasteiger partial charge in [0.25, 0.3) is 11.7 Å². The van der Waals surface area contributed by atoms with Crippen molar-refractivity contribution in [2.24, 2.45) is 0 Å². The summed E-state index contributed by atoms with van der Waals surface area (Å²) < 4.78 is 25.2. The Balaban J connectivity index is 1.81. The molecular weight excluding hydrogens is 425 g/mol. The number of carbonyl (C=O) groups is 2. The molecule has 170 valence electrons. The average Bonchev–Trinajstić information content (AvgIpc) is 3.42. The Morgan fingerprint density at radius 1 is 1.15 bits per heavy atom. The van der Waals surface area contributed by atoms with E-state index in [-0.39, 0.29) is 17.7 Å². The molecule has 0 bridgehead atoms. The third kappa shape index (κ3) is 4.39. The molecule has 1 aliphatic rings. The van der Waals surface area contributed by atoms with Gasteiger partial charge < -0.3 is 19.2 Å². The van der Waals surface area contributed by atoms with E-state index >= 15 is 0 Å². The second-order valence-electron chi connectivity index (χ2n) is 7.89. The molecule has 1 atom stereocenters. The van der Waals surface area contributed by atoms with Crippen LogP contribution in [0.15, 0.2) is 70.9 Å². The van der Waals surface area contributed by atoms with Crippen molar-refractivity contribution in [1.29, 1.82) is 0 Å². The first-order valence-corrected chi connectivity index (χ1v) is 10.7. The van der Waals surface area contributed by atoms with Crippen molar-refractivity contribution in [2.45, 2.75) is 32.9 Å². The predicted molar refractivity (Wildman–Crippen MR) is 120 cm³/mol. The Kier molecular flexibility index (Phi) is 6.31. The molecule has 0 radical (unpaired) electrons. The number of hydrogen-bond donors (Lipinski definition) is 1. The van der Waals surface area contributed by atoms with Crippen molar-refractivity contribution in [1.82, 2.24) is 4.90 Å². The molecule has 33 heavy (non-hydrogen) atoms. The van der Waals surface area contributed by atoms with Crippen LogP contribution in [0.25, 0.3) is 5.76 Å². The minimum absolute atomic E-state index is 0.0371. The number of likely N-dealkylation sites (tertiary alicyclic amines) is 1. The fourth-order valence-electron chi connectivity index (χ4n) is 3.82. The normalized spacial score (nSPS) is 17.5. The summed E-state index contributed by atoms with van der Waals surface area (Å²) in [4.78, 5) is 27.4. The number of hydrogen-bond acceptors (Lipinski definition) is 5. The van der Waals surface area contributed by atoms with Gasteiger partial charge in [0.1, 0.15) is 23.1 Å². The molecule has 1 aromatic heterocycles. The lowest BCUT2D eigenvalue weighted by Gasteiger charge is -2.24. The third-order valence-electron chi connectivity index (χ3n) is 5.56. The van der Waals surface area contributed by atoms with Crippen LogP contribution in [0.5, 0.6) is 5.75 Å². The number of nitrogens with zero attached hydrogens (tertiary/aromatic N) is 1. The van der Waals surface area contributed by atoms with Crippen LogP contribution in [0.3, 0.4) is 0 Å². The second-order valence-corrected chi connectivity index (χ2v) is 7.89. The predicted octanol–water partition coefficient (Wildman–Crippen LogP) is 5.14. The SMILES string of the molecule is CCCOc1ccc([C@H]2C(=C(O)c3ccc(C)c(F)c3)C(=O)C(=O)N2Cc2ccco2)cc1. The van der Waals surface area contributed by atoms with Crippen LogP contribution in [0.2, 0.25) is 0 Å². The van der Waals surface area contributed by atoms with Crippen molar-refractivity contribution in [3.63, 3.8) is 0 Å². The van der Waals surface area contributed by atoms with Gasteiger partial charge in [-0.25, -0.2) is 4.39 Å². The van der Waals surface area contributed by atoms with Crippen molar-refractivity contribution in [2.75, 3.05) is 6.61 Å². The number of ether oxygens (including phenoxy) is 1. The van der Waals surface area contributed by atoms with Gasteiger partial charge in [0.2, 0.25) is 0 Å². The number of furan rings is 1. The van der Waals surface area contributed by atoms with Gasteiger partial charge >= 0.3 is 0 Å². The maximum atomic E-state index is 14.2. The van der Waals surface area contributed by atoms with Gasteiger partial charge in [-0.2, -0.15) is 0 Å². The Morgan fingerprint density at radius 3 is 2.55 bits per heavy atom. The van der Waals surface area contributed by atoms with E-state index in [4.69, 9.17) is 9.15 Å². The summed E-state index contributed by atoms with van der Waals surface area (Å²) in [6.07, 6.45) is 2.34. The van der Waals surface area contributed by atoms with Gasteiger partial charge in [-0.1, -0.05) is 31.2 Å². The minimum Gasteiger partial charge on any atom is -0.507 e. The Hall–Kier alpha value is -3.87. The summed E-state index contributed by atoms with van der Waals surface area (Å²) in [5.74, 6) is -1.40. The molecule has 0 saturated carbocycles. The Labute approximate surface area is 190 Å². The van der Waals surface area contributed by atoms with Crippen LogP contribution in [0.1, 0.15) is 41.8 Å². The highest BCUT2D eigenvalue weighted by Crippen LogP contribution is 2.40. The highest BCUT2D eigenvalue weighted by atomic mass is 19.1. The van der Waals surface area contributed by atoms with Gasteiger partial charge in [0, 0.05) is 5.56 Å². The van der Waals surface area contributed by atoms with Gasteiger partial charge in [-0.15, -0.1) is 0 Å². The molecule has 2 aromatic carbocycles. The van der Waals surface area contributed by atoms with E-state index < -0.39 is 29.3 Å². The number of halogens is 1. The van der Waals surface area contributed by atoms with Crippen molar-refractivity contribution in [3.8, 4) is 5.75 Å². The number of aryl methyl sites for hydroxylation is 1. The zero-order valence-electron chi connectivity index (χ0n) is 18.4. The van der Waals surface area contributed by atoms with Crippen molar-refractivity contribution in [3.05, 3.63) is 94.7 Å². The number of rotatable bonds is 7. The third-order valence-corrected chi connectivity index (χ3v) is 5.56. The van der Waals surface area contributed by atoms with Gasteiger partial charge in [0.15, 0.2) is 0 Å². The van der Waals surface area contributed by atoms with Crippen LogP contribution in [0, 0.1) is 12.7 Å². The molecule has 0 aliphatic carbocycles. The molecular formula is C26H24FNO5. The lowest BCUT2D eigenvalue weighted by molar-refractivity contribution is -0.140. The highest BCUT2D eigenvalue weighted by molar-refractivity contribution is 6.46. The lowest BCUT2D eigenvalue weighted by Crippen LogP contribution is -2.29. The number of aliphatic hydroxyl groups is 1. The van der Waals surface area contributed by atoms with Gasteiger partial charge in [-0.05, 0) is 54.8 Å². The summed E-state index contributed by atoms with van der Waals surface area (Å²) in [6.45, 7) is 4.21. The Morgan fingerprint density at radius 2 is 1.91 bits per heavy atom. The summed E-state index contributed by atoms with van der Waals surface area (Å²) in [7, 11) is 0. The first-order valence-electron chi connectivity index (χ1n) is 10.7. The molecule has 1 N–H and O–H groups in total. The molecule has 4 rings (SSSR count). The summed E-state index contributed by atoms with van der Waals surface area (Å²) in [6, 6.07) is 13.7. The molecule has 1 saturated heterocycles. The van der Waals surface area contributed by atoms with Crippen LogP contribution < -0.4 is 4.74 Å². The molecule has 6 nitrogen and oxygen atoms in total. The minimum atomic E-state index is -0.875. The van der Waals surface area contributed by atoms with Crippen LogP contribution in [0.4, 0.5) is 4.39 Å². The summed E-state index contributed by atoms with van der Waals surface area (Å²) in [5.41, 5.74) is 1.04. The number of ketones is 1. The van der Waals surface area contributed by atoms with E-state index in [1.165, 1.54) is 23.3 Å². The van der Waals surface area contributed by atoms with Gasteiger partial charge in [0.05, 0.1) is 31.0 Å². The zero-order chi connectivity index (χ0) is 23.5. The molecule has 1 aliphatic heterocycles. The first kappa shape index (κ1) is 22.3. The quantitative estimate of drug-likeness (QED) is 0.307. The molecule has 1 amide bonds. The van der Waals surface area contributed by atoms with E-state index in [9.17, 15) is 19.1 Å². The van der Waals surface area contributed by atoms with E-state index in [0.29, 0.717) is 29.2 Å². The molecule has 0 unspecified atom stereocenters. The van der Waals surface area contributed by atoms with E-state index in [0.717, 1.165) is 12.5 Å². The zero-order valence-corrected chi connectivity index (χ0v) is 18.4. The van der Waals surface area contributed by atoms with E-state index in [1.807, 2.05) is 6.92 Å². The van der Waals surface area contributed by atoms with Crippen LogP contribution in [-0.4, -0.2) is 28.3 Å². The molecule has 0 spiro atoms. The highest BCUT2D eigenvalue weighted by Gasteiger charge is 2.46. The number of Topliss-reactive ketones (excluding diaryl/α,β-unsaturated/α-hetero) is 1. The average molecular weight is 449 g/mol. The van der Waals surface area contributed by atoms with Crippen LogP contribution in [-0.2, 0) is 16.1 Å². The molecule has 7 heteroatoms. The number of benzene rings is 2. The number of carbonyl (C=O) groups excluding carboxylic acids is 2. The fourth-order valence-corrected chi connectivity index (χ4v) is 3.82. The Bertz CT molecular complexity index is 1200. The van der Waals surface area contributed by atoms with E-state index in [2.05, 4.69) is 0 Å². The van der Waals surface area contributed by atoms with Gasteiger partial charge in [-0.3, -0.25) is 9.59 Å². The summed E-state index contributed by atoms with van der Waals surface area (Å²) >= 11 is 0. The van der Waals surface area contributed by atoms with Crippen molar-refractivity contribution >= 4 is 17.4 Å². The maximum Gasteiger partial charge on any atom is 0.296 e. The van der Waals surface area contributed by atoms with Crippen LogP contribution >= 0.6 is 0 Å². The monoisotopic (exact) mass is 449 g/mol. The summed E-state index contributed by atoms with van der Waals surface area (Å²) in [5, 5.41) is 11.0. The standard InChI is InChI=1S/C26H24FNO5/c1-3-12-32-19-10-8-17(9-11-19)23-22(24(29)18-7-6-16(2)21(27)14-18)25(30)26(31)28(23)15-20-5-4-13-33-20/h4-11,13-14,23,29H,3,12,15H2,1-2H3/t23-/m0/s1. The van der Waals surface area contributed by atoms with Crippen molar-refractivity contribution < 1.29 is 28.2 Å². The smallest absolute Gasteiger partial charge is 0.296 e. The lowest BCUT2D eigenvalue weighted by atomic mass is 9.95. The largest absolute Gasteiger partial charge is 0.507 e. The number of amides is 1. The maximum absolute atomic E-state index is 14.2.